The van der Waals surface area contributed by atoms with E-state index >= 15 is 0 Å². The van der Waals surface area contributed by atoms with Gasteiger partial charge in [0.25, 0.3) is 0 Å². The zero-order valence-electron chi connectivity index (χ0n) is 13.6. The maximum Gasteiger partial charge on any atom is 0.163 e. The standard InChI is InChI=1S/C20H17N3O/c1-14-11-19(15-7-4-3-5-8-15)23-20(22-14)18(13-21-23)16-9-6-10-17(12-16)24-2/h3-13H,1-2H3. The van der Waals surface area contributed by atoms with Crippen LogP contribution in [0.25, 0.3) is 28.0 Å². The molecule has 4 rings (SSSR count). The molecule has 4 nitrogen and oxygen atoms in total. The molecule has 0 fully saturated rings. The van der Waals surface area contributed by atoms with Gasteiger partial charge in [0.2, 0.25) is 0 Å². The third-order valence-corrected chi connectivity index (χ3v) is 4.05. The van der Waals surface area contributed by atoms with Crippen molar-refractivity contribution in [1.29, 1.82) is 0 Å². The molecule has 0 N–H and O–H groups in total. The lowest BCUT2D eigenvalue weighted by atomic mass is 10.1. The molecule has 4 heteroatoms. The predicted octanol–water partition coefficient (Wildman–Crippen LogP) is 4.38. The Labute approximate surface area is 140 Å². The fourth-order valence-corrected chi connectivity index (χ4v) is 2.89. The van der Waals surface area contributed by atoms with Gasteiger partial charge in [-0.3, -0.25) is 0 Å². The third kappa shape index (κ3) is 2.42. The van der Waals surface area contributed by atoms with E-state index in [1.54, 1.807) is 7.11 Å². The molecule has 2 aromatic carbocycles. The molecule has 24 heavy (non-hydrogen) atoms. The van der Waals surface area contributed by atoms with Gasteiger partial charge in [0.05, 0.1) is 19.0 Å². The van der Waals surface area contributed by atoms with Crippen molar-refractivity contribution in [3.8, 4) is 28.1 Å². The quantitative estimate of drug-likeness (QED) is 0.563. The summed E-state index contributed by atoms with van der Waals surface area (Å²) in [6.45, 7) is 2.01. The molecule has 0 spiro atoms. The van der Waals surface area contributed by atoms with Crippen LogP contribution in [0.5, 0.6) is 5.75 Å². The highest BCUT2D eigenvalue weighted by Gasteiger charge is 2.13. The Bertz CT molecular complexity index is 1010. The Balaban J connectivity index is 1.95. The predicted molar refractivity (Wildman–Crippen MR) is 95.1 cm³/mol. The summed E-state index contributed by atoms with van der Waals surface area (Å²) >= 11 is 0. The Morgan fingerprint density at radius 3 is 2.50 bits per heavy atom. The number of nitrogens with zero attached hydrogens (tertiary/aromatic N) is 3. The third-order valence-electron chi connectivity index (χ3n) is 4.05. The van der Waals surface area contributed by atoms with Gasteiger partial charge < -0.3 is 4.74 Å². The summed E-state index contributed by atoms with van der Waals surface area (Å²) < 4.78 is 7.23. The number of aromatic nitrogens is 3. The van der Waals surface area contributed by atoms with Gasteiger partial charge in [0.15, 0.2) is 5.65 Å². The van der Waals surface area contributed by atoms with Gasteiger partial charge >= 0.3 is 0 Å². The first-order valence-electron chi connectivity index (χ1n) is 7.81. The molecule has 2 aromatic heterocycles. The number of hydrogen-bond acceptors (Lipinski definition) is 3. The molecule has 0 bridgehead atoms. The summed E-state index contributed by atoms with van der Waals surface area (Å²) in [7, 11) is 1.67. The normalized spacial score (nSPS) is 10.9. The number of rotatable bonds is 3. The molecule has 0 radical (unpaired) electrons. The van der Waals surface area contributed by atoms with Gasteiger partial charge in [0.1, 0.15) is 5.75 Å². The summed E-state index contributed by atoms with van der Waals surface area (Å²) in [5, 5.41) is 4.58. The molecule has 0 saturated carbocycles. The average Bonchev–Trinajstić information content (AvgIpc) is 3.05. The molecule has 0 amide bonds. The van der Waals surface area contributed by atoms with E-state index in [4.69, 9.17) is 9.72 Å². The Morgan fingerprint density at radius 2 is 1.71 bits per heavy atom. The maximum absolute atomic E-state index is 5.33. The van der Waals surface area contributed by atoms with Crippen LogP contribution in [-0.4, -0.2) is 21.7 Å². The van der Waals surface area contributed by atoms with Crippen molar-refractivity contribution in [1.82, 2.24) is 14.6 Å². The van der Waals surface area contributed by atoms with E-state index in [0.717, 1.165) is 39.5 Å². The van der Waals surface area contributed by atoms with Crippen molar-refractivity contribution >= 4 is 5.65 Å². The number of aryl methyl sites for hydroxylation is 1. The first-order valence-corrected chi connectivity index (χ1v) is 7.81. The zero-order chi connectivity index (χ0) is 16.5. The second-order valence-electron chi connectivity index (χ2n) is 5.67. The van der Waals surface area contributed by atoms with Gasteiger partial charge in [0, 0.05) is 16.8 Å². The van der Waals surface area contributed by atoms with E-state index in [1.165, 1.54) is 0 Å². The van der Waals surface area contributed by atoms with Crippen molar-refractivity contribution in [3.05, 3.63) is 72.6 Å². The highest BCUT2D eigenvalue weighted by Crippen LogP contribution is 2.29. The van der Waals surface area contributed by atoms with Crippen LogP contribution in [0.15, 0.2) is 66.9 Å². The summed E-state index contributed by atoms with van der Waals surface area (Å²) in [6, 6.07) is 20.3. The SMILES string of the molecule is COc1cccc(-c2cnn3c(-c4ccccc4)cc(C)nc23)c1. The number of hydrogen-bond donors (Lipinski definition) is 0. The fourth-order valence-electron chi connectivity index (χ4n) is 2.89. The minimum atomic E-state index is 0.822. The molecular formula is C20H17N3O. The first kappa shape index (κ1) is 14.5. The topological polar surface area (TPSA) is 39.4 Å². The Hall–Kier alpha value is -3.14. The van der Waals surface area contributed by atoms with Gasteiger partial charge in [-0.15, -0.1) is 0 Å². The number of ether oxygens (including phenoxy) is 1. The van der Waals surface area contributed by atoms with E-state index in [2.05, 4.69) is 23.3 Å². The van der Waals surface area contributed by atoms with Crippen LogP contribution in [0.2, 0.25) is 0 Å². The van der Waals surface area contributed by atoms with Crippen LogP contribution in [0, 0.1) is 6.92 Å². The number of benzene rings is 2. The lowest BCUT2D eigenvalue weighted by Crippen LogP contribution is -1.98. The van der Waals surface area contributed by atoms with Crippen molar-refractivity contribution < 1.29 is 4.74 Å². The van der Waals surface area contributed by atoms with Crippen molar-refractivity contribution in [3.63, 3.8) is 0 Å². The van der Waals surface area contributed by atoms with Crippen LogP contribution in [0.1, 0.15) is 5.69 Å². The summed E-state index contributed by atoms with van der Waals surface area (Å²) in [6.07, 6.45) is 1.86. The monoisotopic (exact) mass is 315 g/mol. The number of methoxy groups -OCH3 is 1. The molecule has 0 aliphatic heterocycles. The summed E-state index contributed by atoms with van der Waals surface area (Å²) in [4.78, 5) is 4.71. The Kier molecular flexibility index (Phi) is 3.50. The van der Waals surface area contributed by atoms with E-state index < -0.39 is 0 Å². The molecule has 0 unspecified atom stereocenters. The second kappa shape index (κ2) is 5.81. The first-order chi connectivity index (χ1) is 11.8. The highest BCUT2D eigenvalue weighted by atomic mass is 16.5. The van der Waals surface area contributed by atoms with Crippen LogP contribution in [0.3, 0.4) is 0 Å². The fraction of sp³-hybridized carbons (Fsp3) is 0.100. The van der Waals surface area contributed by atoms with E-state index in [1.807, 2.05) is 60.1 Å². The van der Waals surface area contributed by atoms with Gasteiger partial charge in [-0.25, -0.2) is 9.50 Å². The molecule has 118 valence electrons. The maximum atomic E-state index is 5.33. The minimum Gasteiger partial charge on any atom is -0.497 e. The molecule has 0 aliphatic carbocycles. The summed E-state index contributed by atoms with van der Waals surface area (Å²) in [5.41, 5.74) is 6.00. The van der Waals surface area contributed by atoms with Crippen LogP contribution < -0.4 is 4.74 Å². The molecule has 0 aliphatic rings. The molecule has 0 atom stereocenters. The van der Waals surface area contributed by atoms with Gasteiger partial charge in [-0.05, 0) is 30.7 Å². The largest absolute Gasteiger partial charge is 0.497 e. The van der Waals surface area contributed by atoms with Gasteiger partial charge in [-0.1, -0.05) is 42.5 Å². The zero-order valence-corrected chi connectivity index (χ0v) is 13.6. The van der Waals surface area contributed by atoms with Crippen LogP contribution in [-0.2, 0) is 0 Å². The summed E-state index contributed by atoms with van der Waals surface area (Å²) in [5.74, 6) is 0.822. The van der Waals surface area contributed by atoms with Crippen LogP contribution >= 0.6 is 0 Å². The van der Waals surface area contributed by atoms with Crippen molar-refractivity contribution in [2.24, 2.45) is 0 Å². The smallest absolute Gasteiger partial charge is 0.163 e. The number of fused-ring (bicyclic) bond motifs is 1. The lowest BCUT2D eigenvalue weighted by Gasteiger charge is -2.07. The van der Waals surface area contributed by atoms with E-state index in [0.29, 0.717) is 0 Å². The van der Waals surface area contributed by atoms with Crippen LogP contribution in [0.4, 0.5) is 0 Å². The molecule has 2 heterocycles. The Morgan fingerprint density at radius 1 is 0.917 bits per heavy atom. The van der Waals surface area contributed by atoms with Crippen molar-refractivity contribution in [2.75, 3.05) is 7.11 Å². The average molecular weight is 315 g/mol. The molecular weight excluding hydrogens is 298 g/mol. The molecule has 0 saturated heterocycles. The molecule has 4 aromatic rings. The van der Waals surface area contributed by atoms with E-state index in [-0.39, 0.29) is 0 Å². The van der Waals surface area contributed by atoms with Gasteiger partial charge in [-0.2, -0.15) is 5.10 Å². The van der Waals surface area contributed by atoms with Crippen molar-refractivity contribution in [2.45, 2.75) is 6.92 Å². The lowest BCUT2D eigenvalue weighted by molar-refractivity contribution is 0.415. The highest BCUT2D eigenvalue weighted by molar-refractivity contribution is 5.79. The minimum absolute atomic E-state index is 0.822. The second-order valence-corrected chi connectivity index (χ2v) is 5.67. The van der Waals surface area contributed by atoms with E-state index in [9.17, 15) is 0 Å².